The van der Waals surface area contributed by atoms with Crippen LogP contribution in [0.15, 0.2) is 97.1 Å². The molecule has 0 aliphatic rings. The molecular formula is C36H36N2O10. The van der Waals surface area contributed by atoms with Crippen molar-refractivity contribution in [1.29, 1.82) is 0 Å². The van der Waals surface area contributed by atoms with Crippen molar-refractivity contribution in [1.82, 2.24) is 10.6 Å². The molecule has 0 fully saturated rings. The second kappa shape index (κ2) is 17.0. The zero-order chi connectivity index (χ0) is 34.5. The first-order valence-electron chi connectivity index (χ1n) is 14.9. The Morgan fingerprint density at radius 1 is 0.562 bits per heavy atom. The number of hydrogen-bond acceptors (Lipinski definition) is 10. The predicted octanol–water partition coefficient (Wildman–Crippen LogP) is 4.79. The molecule has 12 heteroatoms. The summed E-state index contributed by atoms with van der Waals surface area (Å²) in [5.41, 5.74) is 3.00. The SMILES string of the molecule is COC(=O)C(Cc1ccc(O)c(-c2cc(CC(NC(=O)OCc3ccccc3)C(=O)OC)ccc2O)c1)NC(=O)OCc1ccccc1. The Morgan fingerprint density at radius 2 is 0.938 bits per heavy atom. The first-order chi connectivity index (χ1) is 23.2. The maximum absolute atomic E-state index is 12.6. The van der Waals surface area contributed by atoms with Crippen molar-refractivity contribution in [3.05, 3.63) is 119 Å². The molecule has 2 amide bonds. The average molecular weight is 657 g/mol. The number of methoxy groups -OCH3 is 2. The third-order valence-corrected chi connectivity index (χ3v) is 7.27. The molecule has 0 saturated carbocycles. The summed E-state index contributed by atoms with van der Waals surface area (Å²) in [6, 6.07) is 24.8. The maximum Gasteiger partial charge on any atom is 0.408 e. The lowest BCUT2D eigenvalue weighted by Gasteiger charge is -2.18. The Bertz CT molecular complexity index is 1590. The molecule has 4 aromatic carbocycles. The highest BCUT2D eigenvalue weighted by Crippen LogP contribution is 2.37. The van der Waals surface area contributed by atoms with E-state index in [2.05, 4.69) is 10.6 Å². The lowest BCUT2D eigenvalue weighted by atomic mass is 9.95. The number of esters is 2. The van der Waals surface area contributed by atoms with Gasteiger partial charge >= 0.3 is 24.1 Å². The highest BCUT2D eigenvalue weighted by molar-refractivity contribution is 5.83. The summed E-state index contributed by atoms with van der Waals surface area (Å²) in [4.78, 5) is 50.1. The topological polar surface area (TPSA) is 170 Å². The molecule has 0 aromatic heterocycles. The second-order valence-corrected chi connectivity index (χ2v) is 10.7. The third kappa shape index (κ3) is 9.98. The molecule has 0 bridgehead atoms. The summed E-state index contributed by atoms with van der Waals surface area (Å²) in [6.07, 6.45) is -1.70. The number of hydrogen-bond donors (Lipinski definition) is 4. The van der Waals surface area contributed by atoms with E-state index >= 15 is 0 Å². The van der Waals surface area contributed by atoms with E-state index in [9.17, 15) is 29.4 Å². The smallest absolute Gasteiger partial charge is 0.408 e. The number of carbonyl (C=O) groups is 4. The van der Waals surface area contributed by atoms with Crippen LogP contribution in [0.25, 0.3) is 11.1 Å². The minimum Gasteiger partial charge on any atom is -0.507 e. The van der Waals surface area contributed by atoms with E-state index in [1.807, 2.05) is 36.4 Å². The number of rotatable bonds is 13. The van der Waals surface area contributed by atoms with Crippen LogP contribution in [0.5, 0.6) is 11.5 Å². The molecule has 4 aromatic rings. The monoisotopic (exact) mass is 656 g/mol. The Morgan fingerprint density at radius 3 is 1.29 bits per heavy atom. The zero-order valence-corrected chi connectivity index (χ0v) is 26.4. The van der Waals surface area contributed by atoms with Crippen molar-refractivity contribution in [2.24, 2.45) is 0 Å². The molecule has 0 aliphatic carbocycles. The van der Waals surface area contributed by atoms with Gasteiger partial charge in [0.05, 0.1) is 14.2 Å². The van der Waals surface area contributed by atoms with Crippen LogP contribution < -0.4 is 10.6 Å². The van der Waals surface area contributed by atoms with Crippen molar-refractivity contribution < 1.29 is 48.3 Å². The van der Waals surface area contributed by atoms with Crippen molar-refractivity contribution >= 4 is 24.1 Å². The van der Waals surface area contributed by atoms with E-state index in [1.54, 1.807) is 48.5 Å². The van der Waals surface area contributed by atoms with Crippen LogP contribution in [0.4, 0.5) is 9.59 Å². The number of alkyl carbamates (subject to hydrolysis) is 2. The molecular weight excluding hydrogens is 620 g/mol. The quantitative estimate of drug-likeness (QED) is 0.116. The van der Waals surface area contributed by atoms with Gasteiger partial charge in [-0.1, -0.05) is 72.8 Å². The molecule has 250 valence electrons. The lowest BCUT2D eigenvalue weighted by Crippen LogP contribution is -2.43. The number of phenolic OH excluding ortho intramolecular Hbond substituents is 2. The summed E-state index contributed by atoms with van der Waals surface area (Å²) >= 11 is 0. The fourth-order valence-electron chi connectivity index (χ4n) is 4.81. The highest BCUT2D eigenvalue weighted by atomic mass is 16.6. The first kappa shape index (κ1) is 34.8. The van der Waals surface area contributed by atoms with Gasteiger partial charge in [-0.25, -0.2) is 19.2 Å². The van der Waals surface area contributed by atoms with Crippen molar-refractivity contribution in [2.45, 2.75) is 38.1 Å². The maximum atomic E-state index is 12.6. The van der Waals surface area contributed by atoms with E-state index in [4.69, 9.17) is 18.9 Å². The normalized spacial score (nSPS) is 11.8. The van der Waals surface area contributed by atoms with Crippen LogP contribution in [-0.2, 0) is 54.6 Å². The first-order valence-corrected chi connectivity index (χ1v) is 14.9. The molecule has 48 heavy (non-hydrogen) atoms. The van der Waals surface area contributed by atoms with E-state index in [0.717, 1.165) is 11.1 Å². The number of phenols is 2. The number of aromatic hydroxyl groups is 2. The molecule has 0 heterocycles. The van der Waals surface area contributed by atoms with Crippen molar-refractivity contribution in [2.75, 3.05) is 14.2 Å². The lowest BCUT2D eigenvalue weighted by molar-refractivity contribution is -0.143. The minimum atomic E-state index is -1.12. The van der Waals surface area contributed by atoms with Crippen LogP contribution in [-0.4, -0.2) is 60.6 Å². The summed E-state index contributed by atoms with van der Waals surface area (Å²) in [7, 11) is 2.38. The molecule has 2 unspecified atom stereocenters. The van der Waals surface area contributed by atoms with Gasteiger partial charge in [0.25, 0.3) is 0 Å². The van der Waals surface area contributed by atoms with Gasteiger partial charge in [0.2, 0.25) is 0 Å². The van der Waals surface area contributed by atoms with E-state index in [-0.39, 0.29) is 48.7 Å². The van der Waals surface area contributed by atoms with Crippen LogP contribution in [0, 0.1) is 0 Å². The molecule has 4 rings (SSSR count). The average Bonchev–Trinajstić information content (AvgIpc) is 3.11. The molecule has 0 saturated heterocycles. The zero-order valence-electron chi connectivity index (χ0n) is 26.4. The van der Waals surface area contributed by atoms with Crippen LogP contribution in [0.2, 0.25) is 0 Å². The summed E-state index contributed by atoms with van der Waals surface area (Å²) < 4.78 is 20.3. The van der Waals surface area contributed by atoms with Gasteiger partial charge in [-0.2, -0.15) is 0 Å². The number of benzene rings is 4. The fourth-order valence-corrected chi connectivity index (χ4v) is 4.81. The Hall–Kier alpha value is -6.04. The number of amides is 2. The van der Waals surface area contributed by atoms with Gasteiger partial charge in [0, 0.05) is 24.0 Å². The van der Waals surface area contributed by atoms with Gasteiger partial charge in [0.15, 0.2) is 0 Å². The van der Waals surface area contributed by atoms with Crippen LogP contribution >= 0.6 is 0 Å². The second-order valence-electron chi connectivity index (χ2n) is 10.7. The number of carbonyl (C=O) groups excluding carboxylic acids is 4. The highest BCUT2D eigenvalue weighted by Gasteiger charge is 2.25. The summed E-state index contributed by atoms with van der Waals surface area (Å²) in [5, 5.41) is 26.5. The van der Waals surface area contributed by atoms with Crippen LogP contribution in [0.3, 0.4) is 0 Å². The molecule has 0 radical (unpaired) electrons. The van der Waals surface area contributed by atoms with Crippen LogP contribution in [0.1, 0.15) is 22.3 Å². The molecule has 4 N–H and O–H groups in total. The summed E-state index contributed by atoms with van der Waals surface area (Å²) in [5.74, 6) is -1.78. The number of nitrogens with one attached hydrogen (secondary N) is 2. The Balaban J connectivity index is 1.48. The van der Waals surface area contributed by atoms with Gasteiger partial charge in [-0.3, -0.25) is 0 Å². The van der Waals surface area contributed by atoms with Crippen molar-refractivity contribution in [3.63, 3.8) is 0 Å². The van der Waals surface area contributed by atoms with Gasteiger partial charge in [-0.15, -0.1) is 0 Å². The van der Waals surface area contributed by atoms with E-state index < -0.39 is 36.2 Å². The van der Waals surface area contributed by atoms with Gasteiger partial charge in [-0.05, 0) is 46.5 Å². The Kier molecular flexibility index (Phi) is 12.4. The largest absolute Gasteiger partial charge is 0.507 e. The molecule has 0 aliphatic heterocycles. The Labute approximate surface area is 277 Å². The predicted molar refractivity (Wildman–Crippen MR) is 174 cm³/mol. The molecule has 0 spiro atoms. The fraction of sp³-hybridized carbons (Fsp3) is 0.222. The van der Waals surface area contributed by atoms with E-state index in [0.29, 0.717) is 11.1 Å². The van der Waals surface area contributed by atoms with Crippen molar-refractivity contribution in [3.8, 4) is 22.6 Å². The van der Waals surface area contributed by atoms with Gasteiger partial charge in [0.1, 0.15) is 36.8 Å². The van der Waals surface area contributed by atoms with E-state index in [1.165, 1.54) is 26.4 Å². The number of ether oxygens (including phenoxy) is 4. The van der Waals surface area contributed by atoms with Gasteiger partial charge < -0.3 is 39.8 Å². The molecule has 12 nitrogen and oxygen atoms in total. The minimum absolute atomic E-state index is 0.000762. The third-order valence-electron chi connectivity index (χ3n) is 7.27. The molecule has 2 atom stereocenters. The summed E-state index contributed by atoms with van der Waals surface area (Å²) in [6.45, 7) is 0.00152. The standard InChI is InChI=1S/C36H36N2O10/c1-45-33(41)29(37-35(43)47-21-23-9-5-3-6-10-23)19-25-13-15-31(39)27(17-25)28-18-26(14-16-32(28)40)20-30(34(42)46-2)38-36(44)48-22-24-11-7-4-8-12-24/h3-18,29-30,39-40H,19-22H2,1-2H3,(H,37,43)(H,38,44).